The van der Waals surface area contributed by atoms with E-state index < -0.39 is 17.7 Å². The first-order valence-electron chi connectivity index (χ1n) is 8.51. The molecule has 0 bridgehead atoms. The molecular weight excluding hydrogens is 375 g/mol. The highest BCUT2D eigenvalue weighted by molar-refractivity contribution is 6.09. The maximum atomic E-state index is 13.7. The van der Waals surface area contributed by atoms with Crippen molar-refractivity contribution in [2.45, 2.75) is 6.92 Å². The van der Waals surface area contributed by atoms with E-state index in [9.17, 15) is 19.2 Å². The van der Waals surface area contributed by atoms with E-state index in [4.69, 9.17) is 9.52 Å². The standard InChI is InChI=1S/C22H15FN2O4/c1-13-10-14(22(27)28)6-8-17(13)20-9-7-16(29-20)11-15(12-24)21(26)25-19-5-3-2-4-18(19)23/h2-11H,1H3,(H,25,26)(H,27,28)/b15-11-. The third-order valence-corrected chi connectivity index (χ3v) is 4.14. The third-order valence-electron chi connectivity index (χ3n) is 4.14. The van der Waals surface area contributed by atoms with Crippen LogP contribution in [0.4, 0.5) is 10.1 Å². The fraction of sp³-hybridized carbons (Fsp3) is 0.0455. The molecule has 0 radical (unpaired) electrons. The molecule has 0 saturated carbocycles. The van der Waals surface area contributed by atoms with Gasteiger partial charge in [0, 0.05) is 11.6 Å². The fourth-order valence-corrected chi connectivity index (χ4v) is 2.69. The Hall–Kier alpha value is -4.18. The maximum absolute atomic E-state index is 13.7. The summed E-state index contributed by atoms with van der Waals surface area (Å²) in [6.07, 6.45) is 1.25. The van der Waals surface area contributed by atoms with Crippen LogP contribution >= 0.6 is 0 Å². The minimum Gasteiger partial charge on any atom is -0.478 e. The van der Waals surface area contributed by atoms with Crippen molar-refractivity contribution < 1.29 is 23.5 Å². The number of carboxylic acids is 1. The number of halogens is 1. The molecule has 0 unspecified atom stereocenters. The Balaban J connectivity index is 1.84. The number of aryl methyl sites for hydroxylation is 1. The molecule has 0 aliphatic carbocycles. The zero-order chi connectivity index (χ0) is 21.0. The van der Waals surface area contributed by atoms with Gasteiger partial charge in [-0.05, 0) is 48.9 Å². The number of carbonyl (C=O) groups excluding carboxylic acids is 1. The number of carboxylic acid groups (broad SMARTS) is 1. The number of furan rings is 1. The van der Waals surface area contributed by atoms with Crippen molar-refractivity contribution in [2.24, 2.45) is 0 Å². The van der Waals surface area contributed by atoms with Crippen molar-refractivity contribution in [3.05, 3.63) is 82.9 Å². The van der Waals surface area contributed by atoms with Crippen molar-refractivity contribution >= 4 is 23.6 Å². The summed E-state index contributed by atoms with van der Waals surface area (Å²) in [5.41, 5.74) is 1.26. The molecule has 2 N–H and O–H groups in total. The Morgan fingerprint density at radius 3 is 2.59 bits per heavy atom. The average molecular weight is 390 g/mol. The van der Waals surface area contributed by atoms with Gasteiger partial charge in [-0.3, -0.25) is 4.79 Å². The predicted molar refractivity (Wildman–Crippen MR) is 104 cm³/mol. The lowest BCUT2D eigenvalue weighted by molar-refractivity contribution is -0.112. The molecule has 3 rings (SSSR count). The minimum atomic E-state index is -1.03. The van der Waals surface area contributed by atoms with E-state index in [1.807, 2.05) is 0 Å². The van der Waals surface area contributed by atoms with Gasteiger partial charge in [0.15, 0.2) is 0 Å². The molecule has 0 saturated heterocycles. The normalized spacial score (nSPS) is 11.0. The van der Waals surface area contributed by atoms with Crippen LogP contribution in [0.2, 0.25) is 0 Å². The molecule has 7 heteroatoms. The molecule has 0 aliphatic rings. The van der Waals surface area contributed by atoms with Crippen LogP contribution in [0, 0.1) is 24.1 Å². The predicted octanol–water partition coefficient (Wildman–Crippen LogP) is 4.64. The lowest BCUT2D eigenvalue weighted by Crippen LogP contribution is -2.14. The van der Waals surface area contributed by atoms with E-state index >= 15 is 0 Å². The number of nitrogens with zero attached hydrogens (tertiary/aromatic N) is 1. The van der Waals surface area contributed by atoms with Gasteiger partial charge in [0.05, 0.1) is 11.3 Å². The lowest BCUT2D eigenvalue weighted by Gasteiger charge is -2.05. The first kappa shape index (κ1) is 19.6. The number of hydrogen-bond acceptors (Lipinski definition) is 4. The summed E-state index contributed by atoms with van der Waals surface area (Å²) >= 11 is 0. The summed E-state index contributed by atoms with van der Waals surface area (Å²) in [6.45, 7) is 1.75. The van der Waals surface area contributed by atoms with Crippen LogP contribution in [-0.2, 0) is 4.79 Å². The molecule has 1 amide bonds. The highest BCUT2D eigenvalue weighted by atomic mass is 19.1. The van der Waals surface area contributed by atoms with Gasteiger partial charge in [-0.1, -0.05) is 18.2 Å². The van der Waals surface area contributed by atoms with Gasteiger partial charge in [0.25, 0.3) is 5.91 Å². The van der Waals surface area contributed by atoms with Gasteiger partial charge in [-0.25, -0.2) is 9.18 Å². The smallest absolute Gasteiger partial charge is 0.335 e. The Kier molecular flexibility index (Phi) is 5.56. The molecule has 3 aromatic rings. The molecular formula is C22H15FN2O4. The van der Waals surface area contributed by atoms with E-state index in [-0.39, 0.29) is 22.6 Å². The van der Waals surface area contributed by atoms with Crippen LogP contribution < -0.4 is 5.32 Å². The number of amides is 1. The van der Waals surface area contributed by atoms with Gasteiger partial charge in [0.1, 0.15) is 29.0 Å². The number of anilines is 1. The minimum absolute atomic E-state index is 0.0343. The molecule has 0 aliphatic heterocycles. The SMILES string of the molecule is Cc1cc(C(=O)O)ccc1-c1ccc(/C=C(/C#N)C(=O)Nc2ccccc2F)o1. The van der Waals surface area contributed by atoms with Crippen molar-refractivity contribution in [3.63, 3.8) is 0 Å². The summed E-state index contributed by atoms with van der Waals surface area (Å²) in [4.78, 5) is 23.3. The number of hydrogen-bond donors (Lipinski definition) is 2. The van der Waals surface area contributed by atoms with Gasteiger partial charge in [-0.15, -0.1) is 0 Å². The molecule has 0 fully saturated rings. The first-order valence-corrected chi connectivity index (χ1v) is 8.51. The van der Waals surface area contributed by atoms with E-state index in [0.29, 0.717) is 16.9 Å². The Bertz CT molecular complexity index is 1170. The van der Waals surface area contributed by atoms with Crippen LogP contribution in [-0.4, -0.2) is 17.0 Å². The summed E-state index contributed by atoms with van der Waals surface area (Å²) in [7, 11) is 0. The van der Waals surface area contributed by atoms with Crippen LogP contribution in [0.1, 0.15) is 21.7 Å². The van der Waals surface area contributed by atoms with Gasteiger partial charge >= 0.3 is 5.97 Å². The zero-order valence-corrected chi connectivity index (χ0v) is 15.3. The topological polar surface area (TPSA) is 103 Å². The maximum Gasteiger partial charge on any atom is 0.335 e. The molecule has 2 aromatic carbocycles. The number of nitrogens with one attached hydrogen (secondary N) is 1. The Morgan fingerprint density at radius 2 is 1.93 bits per heavy atom. The highest BCUT2D eigenvalue weighted by Gasteiger charge is 2.14. The molecule has 0 spiro atoms. The number of para-hydroxylation sites is 1. The second-order valence-electron chi connectivity index (χ2n) is 6.14. The van der Waals surface area contributed by atoms with Gasteiger partial charge in [0.2, 0.25) is 0 Å². The second kappa shape index (κ2) is 8.23. The number of nitriles is 1. The first-order chi connectivity index (χ1) is 13.9. The van der Waals surface area contributed by atoms with Crippen LogP contribution in [0.3, 0.4) is 0 Å². The van der Waals surface area contributed by atoms with E-state index in [2.05, 4.69) is 5.32 Å². The van der Waals surface area contributed by atoms with E-state index in [1.165, 1.54) is 36.4 Å². The van der Waals surface area contributed by atoms with E-state index in [1.54, 1.807) is 37.3 Å². The molecule has 144 valence electrons. The third kappa shape index (κ3) is 4.39. The van der Waals surface area contributed by atoms with Crippen molar-refractivity contribution in [1.29, 1.82) is 5.26 Å². The summed E-state index contributed by atoms with van der Waals surface area (Å²) in [6, 6.07) is 15.2. The molecule has 1 aromatic heterocycles. The number of benzene rings is 2. The zero-order valence-electron chi connectivity index (χ0n) is 15.3. The summed E-state index contributed by atoms with van der Waals surface area (Å²) < 4.78 is 19.4. The van der Waals surface area contributed by atoms with Crippen LogP contribution in [0.15, 0.2) is 64.6 Å². The van der Waals surface area contributed by atoms with Crippen LogP contribution in [0.5, 0.6) is 0 Å². The van der Waals surface area contributed by atoms with E-state index in [0.717, 1.165) is 0 Å². The molecule has 0 atom stereocenters. The number of rotatable bonds is 5. The van der Waals surface area contributed by atoms with Crippen molar-refractivity contribution in [2.75, 3.05) is 5.32 Å². The van der Waals surface area contributed by atoms with Crippen LogP contribution in [0.25, 0.3) is 17.4 Å². The Labute approximate surface area is 165 Å². The quantitative estimate of drug-likeness (QED) is 0.488. The monoisotopic (exact) mass is 390 g/mol. The lowest BCUT2D eigenvalue weighted by atomic mass is 10.0. The fourth-order valence-electron chi connectivity index (χ4n) is 2.69. The highest BCUT2D eigenvalue weighted by Crippen LogP contribution is 2.27. The van der Waals surface area contributed by atoms with Gasteiger partial charge in [-0.2, -0.15) is 5.26 Å². The van der Waals surface area contributed by atoms with Crippen molar-refractivity contribution in [1.82, 2.24) is 0 Å². The number of aromatic carboxylic acids is 1. The van der Waals surface area contributed by atoms with Crippen molar-refractivity contribution in [3.8, 4) is 17.4 Å². The summed E-state index contributed by atoms with van der Waals surface area (Å²) in [5.74, 6) is -1.70. The molecule has 6 nitrogen and oxygen atoms in total. The molecule has 29 heavy (non-hydrogen) atoms. The largest absolute Gasteiger partial charge is 0.478 e. The second-order valence-corrected chi connectivity index (χ2v) is 6.14. The Morgan fingerprint density at radius 1 is 1.17 bits per heavy atom. The average Bonchev–Trinajstić information content (AvgIpc) is 3.16. The van der Waals surface area contributed by atoms with Gasteiger partial charge < -0.3 is 14.8 Å². The summed E-state index contributed by atoms with van der Waals surface area (Å²) in [5, 5.41) is 20.7. The number of carbonyl (C=O) groups is 2. The molecule has 1 heterocycles.